The molecule has 9 heteroatoms. The largest absolute Gasteiger partial charge is 0.495 e. The van der Waals surface area contributed by atoms with Gasteiger partial charge in [0, 0.05) is 43.1 Å². The van der Waals surface area contributed by atoms with Crippen LogP contribution in [0.5, 0.6) is 5.75 Å². The molecule has 1 fully saturated rings. The molecule has 1 N–H and O–H groups in total. The van der Waals surface area contributed by atoms with Crippen molar-refractivity contribution in [3.8, 4) is 5.75 Å². The molecule has 3 amide bonds. The Bertz CT molecular complexity index is 1380. The molecule has 0 bridgehead atoms. The molecule has 2 aliphatic heterocycles. The molecule has 2 aliphatic rings. The Labute approximate surface area is 219 Å². The lowest BCUT2D eigenvalue weighted by Gasteiger charge is -2.36. The van der Waals surface area contributed by atoms with Crippen molar-refractivity contribution in [1.29, 1.82) is 0 Å². The Morgan fingerprint density at radius 3 is 2.30 bits per heavy atom. The minimum atomic E-state index is -0.651. The molecule has 37 heavy (non-hydrogen) atoms. The third-order valence-corrected chi connectivity index (χ3v) is 6.77. The van der Waals surface area contributed by atoms with Gasteiger partial charge in [0.25, 0.3) is 17.7 Å². The maximum absolute atomic E-state index is 13.2. The first-order valence-electron chi connectivity index (χ1n) is 11.9. The van der Waals surface area contributed by atoms with E-state index in [2.05, 4.69) is 22.3 Å². The Hall–Kier alpha value is -4.30. The van der Waals surface area contributed by atoms with Crippen LogP contribution in [0.4, 0.5) is 17.1 Å². The Morgan fingerprint density at radius 1 is 0.865 bits per heavy atom. The van der Waals surface area contributed by atoms with Crippen LogP contribution in [0.25, 0.3) is 0 Å². The van der Waals surface area contributed by atoms with E-state index in [1.165, 1.54) is 7.11 Å². The van der Waals surface area contributed by atoms with Gasteiger partial charge in [0.05, 0.1) is 12.8 Å². The molecule has 3 aromatic carbocycles. The molecule has 0 aliphatic carbocycles. The molecule has 0 atom stereocenters. The van der Waals surface area contributed by atoms with Gasteiger partial charge >= 0.3 is 0 Å². The second-order valence-corrected chi connectivity index (χ2v) is 9.01. The van der Waals surface area contributed by atoms with Crippen LogP contribution in [0, 0.1) is 0 Å². The lowest BCUT2D eigenvalue weighted by molar-refractivity contribution is -0.120. The number of carbonyl (C=O) groups excluding carboxylic acids is 3. The van der Waals surface area contributed by atoms with Crippen LogP contribution in [0.15, 0.2) is 89.6 Å². The average molecular weight is 517 g/mol. The lowest BCUT2D eigenvalue weighted by atomic mass is 10.1. The standard InChI is InChI=1S/C28H25ClN4O4/c1-37-23-13-6-5-12-22(23)33-27(35)24(29)25(28(33)36)30-20-9-7-8-19(18-20)26(34)32-16-14-31(15-17-32)21-10-3-2-4-11-21/h2-13,18,30H,14-17H2,1H3. The number of hydrogen-bond acceptors (Lipinski definition) is 6. The summed E-state index contributed by atoms with van der Waals surface area (Å²) in [6, 6.07) is 23.7. The summed E-state index contributed by atoms with van der Waals surface area (Å²) < 4.78 is 5.30. The Kier molecular flexibility index (Phi) is 6.83. The number of halogens is 1. The first kappa shape index (κ1) is 24.4. The van der Waals surface area contributed by atoms with E-state index in [0.29, 0.717) is 35.8 Å². The molecular weight excluding hydrogens is 492 g/mol. The number of hydrogen-bond donors (Lipinski definition) is 1. The van der Waals surface area contributed by atoms with Gasteiger partial charge in [-0.15, -0.1) is 0 Å². The van der Waals surface area contributed by atoms with Crippen LogP contribution in [-0.2, 0) is 9.59 Å². The summed E-state index contributed by atoms with van der Waals surface area (Å²) in [5, 5.41) is 2.72. The fourth-order valence-electron chi connectivity index (χ4n) is 4.51. The zero-order valence-corrected chi connectivity index (χ0v) is 20.9. The van der Waals surface area contributed by atoms with Crippen molar-refractivity contribution in [2.75, 3.05) is 48.4 Å². The van der Waals surface area contributed by atoms with E-state index in [0.717, 1.165) is 23.7 Å². The van der Waals surface area contributed by atoms with Crippen molar-refractivity contribution in [1.82, 2.24) is 4.90 Å². The summed E-state index contributed by atoms with van der Waals surface area (Å²) in [5.41, 5.74) is 2.34. The fraction of sp³-hybridized carbons (Fsp3) is 0.179. The molecular formula is C28H25ClN4O4. The number of nitrogens with zero attached hydrogens (tertiary/aromatic N) is 3. The minimum Gasteiger partial charge on any atom is -0.495 e. The zero-order chi connectivity index (χ0) is 25.9. The van der Waals surface area contributed by atoms with Crippen molar-refractivity contribution in [2.24, 2.45) is 0 Å². The molecule has 1 saturated heterocycles. The van der Waals surface area contributed by atoms with Crippen LogP contribution in [-0.4, -0.2) is 55.9 Å². The molecule has 0 saturated carbocycles. The van der Waals surface area contributed by atoms with E-state index >= 15 is 0 Å². The Balaban J connectivity index is 1.29. The second-order valence-electron chi connectivity index (χ2n) is 8.63. The average Bonchev–Trinajstić information content (AvgIpc) is 3.16. The minimum absolute atomic E-state index is 0.0568. The van der Waals surface area contributed by atoms with Gasteiger partial charge in [-0.05, 0) is 42.5 Å². The highest BCUT2D eigenvalue weighted by atomic mass is 35.5. The number of carbonyl (C=O) groups is 3. The topological polar surface area (TPSA) is 82.2 Å². The van der Waals surface area contributed by atoms with Crippen molar-refractivity contribution in [2.45, 2.75) is 0 Å². The Morgan fingerprint density at radius 2 is 1.57 bits per heavy atom. The highest BCUT2D eigenvalue weighted by Crippen LogP contribution is 2.35. The lowest BCUT2D eigenvalue weighted by Crippen LogP contribution is -2.48. The van der Waals surface area contributed by atoms with Crippen molar-refractivity contribution >= 4 is 46.4 Å². The van der Waals surface area contributed by atoms with Crippen molar-refractivity contribution in [3.63, 3.8) is 0 Å². The number of anilines is 3. The number of amides is 3. The van der Waals surface area contributed by atoms with E-state index in [1.54, 1.807) is 48.5 Å². The molecule has 8 nitrogen and oxygen atoms in total. The molecule has 0 unspecified atom stereocenters. The number of para-hydroxylation sites is 3. The summed E-state index contributed by atoms with van der Waals surface area (Å²) in [4.78, 5) is 44.3. The SMILES string of the molecule is COc1ccccc1N1C(=O)C(Cl)=C(Nc2cccc(C(=O)N3CCN(c4ccccc4)CC3)c2)C1=O. The summed E-state index contributed by atoms with van der Waals surface area (Å²) in [6.07, 6.45) is 0. The number of imide groups is 1. The molecule has 3 aromatic rings. The molecule has 0 spiro atoms. The van der Waals surface area contributed by atoms with Gasteiger partial charge < -0.3 is 19.9 Å². The molecule has 2 heterocycles. The second kappa shape index (κ2) is 10.4. The first-order chi connectivity index (χ1) is 18.0. The quantitative estimate of drug-likeness (QED) is 0.497. The smallest absolute Gasteiger partial charge is 0.283 e. The van der Waals surface area contributed by atoms with Gasteiger partial charge in [0.15, 0.2) is 0 Å². The highest BCUT2D eigenvalue weighted by molar-refractivity contribution is 6.53. The number of nitrogens with one attached hydrogen (secondary N) is 1. The van der Waals surface area contributed by atoms with E-state index in [4.69, 9.17) is 16.3 Å². The third-order valence-electron chi connectivity index (χ3n) is 6.42. The fourth-order valence-corrected chi connectivity index (χ4v) is 4.72. The van der Waals surface area contributed by atoms with E-state index in [1.807, 2.05) is 23.1 Å². The van der Waals surface area contributed by atoms with Gasteiger partial charge in [-0.1, -0.05) is 48.0 Å². The van der Waals surface area contributed by atoms with Gasteiger partial charge in [0.1, 0.15) is 16.5 Å². The van der Waals surface area contributed by atoms with Gasteiger partial charge in [0.2, 0.25) is 0 Å². The van der Waals surface area contributed by atoms with Crippen molar-refractivity contribution < 1.29 is 19.1 Å². The summed E-state index contributed by atoms with van der Waals surface area (Å²) in [5.74, 6) is -0.980. The predicted octanol–water partition coefficient (Wildman–Crippen LogP) is 4.09. The zero-order valence-electron chi connectivity index (χ0n) is 20.2. The predicted molar refractivity (Wildman–Crippen MR) is 143 cm³/mol. The van der Waals surface area contributed by atoms with E-state index in [-0.39, 0.29) is 16.6 Å². The van der Waals surface area contributed by atoms with Crippen LogP contribution in [0.1, 0.15) is 10.4 Å². The number of rotatable bonds is 6. The maximum atomic E-state index is 13.2. The van der Waals surface area contributed by atoms with Crippen LogP contribution < -0.4 is 19.9 Å². The summed E-state index contributed by atoms with van der Waals surface area (Å²) >= 11 is 6.29. The number of methoxy groups -OCH3 is 1. The summed E-state index contributed by atoms with van der Waals surface area (Å²) in [6.45, 7) is 2.68. The van der Waals surface area contributed by atoms with Gasteiger partial charge in [-0.25, -0.2) is 4.90 Å². The van der Waals surface area contributed by atoms with Gasteiger partial charge in [-0.2, -0.15) is 0 Å². The van der Waals surface area contributed by atoms with Crippen LogP contribution in [0.2, 0.25) is 0 Å². The number of ether oxygens (including phenoxy) is 1. The van der Waals surface area contributed by atoms with Crippen LogP contribution >= 0.6 is 11.6 Å². The third kappa shape index (κ3) is 4.75. The summed E-state index contributed by atoms with van der Waals surface area (Å²) in [7, 11) is 1.46. The maximum Gasteiger partial charge on any atom is 0.283 e. The van der Waals surface area contributed by atoms with Crippen molar-refractivity contribution in [3.05, 3.63) is 95.2 Å². The normalized spacial score (nSPS) is 15.9. The molecule has 188 valence electrons. The van der Waals surface area contributed by atoms with E-state index < -0.39 is 11.8 Å². The first-order valence-corrected chi connectivity index (χ1v) is 12.2. The number of piperazine rings is 1. The monoisotopic (exact) mass is 516 g/mol. The molecule has 5 rings (SSSR count). The van der Waals surface area contributed by atoms with Gasteiger partial charge in [-0.3, -0.25) is 14.4 Å². The van der Waals surface area contributed by atoms with Crippen LogP contribution in [0.3, 0.4) is 0 Å². The highest BCUT2D eigenvalue weighted by Gasteiger charge is 2.40. The van der Waals surface area contributed by atoms with E-state index in [9.17, 15) is 14.4 Å². The number of benzene rings is 3. The molecule has 0 aromatic heterocycles. The molecule has 0 radical (unpaired) electrons.